The monoisotopic (exact) mass is 228 g/mol. The Kier molecular flexibility index (Phi) is 3.28. The van der Waals surface area contributed by atoms with Crippen molar-refractivity contribution in [3.05, 3.63) is 48.2 Å². The highest BCUT2D eigenvalue weighted by molar-refractivity contribution is 5.94. The van der Waals surface area contributed by atoms with Crippen LogP contribution in [0.2, 0.25) is 0 Å². The van der Waals surface area contributed by atoms with Crippen LogP contribution in [0.1, 0.15) is 23.7 Å². The van der Waals surface area contributed by atoms with Crippen LogP contribution in [0.4, 0.5) is 0 Å². The van der Waals surface area contributed by atoms with Gasteiger partial charge in [-0.15, -0.1) is 0 Å². The molecule has 0 saturated heterocycles. The quantitative estimate of drug-likeness (QED) is 0.859. The Morgan fingerprint density at radius 1 is 1.29 bits per heavy atom. The number of amides is 1. The van der Waals surface area contributed by atoms with Gasteiger partial charge in [-0.05, 0) is 18.1 Å². The van der Waals surface area contributed by atoms with Crippen LogP contribution in [-0.2, 0) is 6.54 Å². The van der Waals surface area contributed by atoms with E-state index in [2.05, 4.69) is 11.5 Å². The third-order valence-electron chi connectivity index (χ3n) is 2.72. The van der Waals surface area contributed by atoms with Gasteiger partial charge in [-0.3, -0.25) is 4.79 Å². The SMILES string of the molecule is CCCn1cc(C(N)=O)cc1-c1ccccc1. The number of carbonyl (C=O) groups excluding carboxylic acids is 1. The lowest BCUT2D eigenvalue weighted by atomic mass is 10.1. The fourth-order valence-corrected chi connectivity index (χ4v) is 1.92. The zero-order valence-corrected chi connectivity index (χ0v) is 9.89. The van der Waals surface area contributed by atoms with Gasteiger partial charge in [-0.1, -0.05) is 37.3 Å². The lowest BCUT2D eigenvalue weighted by Gasteiger charge is -2.07. The van der Waals surface area contributed by atoms with Gasteiger partial charge < -0.3 is 10.3 Å². The highest BCUT2D eigenvalue weighted by atomic mass is 16.1. The number of rotatable bonds is 4. The van der Waals surface area contributed by atoms with Crippen molar-refractivity contribution in [3.63, 3.8) is 0 Å². The van der Waals surface area contributed by atoms with Crippen molar-refractivity contribution in [2.24, 2.45) is 5.73 Å². The van der Waals surface area contributed by atoms with E-state index in [9.17, 15) is 4.79 Å². The van der Waals surface area contributed by atoms with Crippen LogP contribution >= 0.6 is 0 Å². The fraction of sp³-hybridized carbons (Fsp3) is 0.214. The summed E-state index contributed by atoms with van der Waals surface area (Å²) >= 11 is 0. The molecule has 2 N–H and O–H groups in total. The Labute approximate surface area is 101 Å². The maximum Gasteiger partial charge on any atom is 0.250 e. The number of primary amides is 1. The third-order valence-corrected chi connectivity index (χ3v) is 2.72. The van der Waals surface area contributed by atoms with Crippen molar-refractivity contribution < 1.29 is 4.79 Å². The molecule has 3 heteroatoms. The van der Waals surface area contributed by atoms with Gasteiger partial charge in [-0.25, -0.2) is 0 Å². The Hall–Kier alpha value is -2.03. The molecular weight excluding hydrogens is 212 g/mol. The zero-order valence-electron chi connectivity index (χ0n) is 9.89. The van der Waals surface area contributed by atoms with Gasteiger partial charge >= 0.3 is 0 Å². The molecular formula is C14H16N2O. The number of aromatic nitrogens is 1. The number of carbonyl (C=O) groups is 1. The van der Waals surface area contributed by atoms with Crippen LogP contribution in [0.15, 0.2) is 42.6 Å². The molecule has 88 valence electrons. The molecule has 17 heavy (non-hydrogen) atoms. The van der Waals surface area contributed by atoms with Crippen molar-refractivity contribution in [3.8, 4) is 11.3 Å². The number of benzene rings is 1. The number of aryl methyl sites for hydroxylation is 1. The first-order valence-electron chi connectivity index (χ1n) is 5.77. The molecule has 1 aromatic carbocycles. The minimum absolute atomic E-state index is 0.378. The van der Waals surface area contributed by atoms with E-state index in [0.717, 1.165) is 24.2 Å². The van der Waals surface area contributed by atoms with E-state index in [4.69, 9.17) is 5.73 Å². The zero-order chi connectivity index (χ0) is 12.3. The van der Waals surface area contributed by atoms with Crippen molar-refractivity contribution in [1.82, 2.24) is 4.57 Å². The Bertz CT molecular complexity index is 514. The van der Waals surface area contributed by atoms with E-state index in [1.807, 2.05) is 42.6 Å². The van der Waals surface area contributed by atoms with Crippen LogP contribution in [-0.4, -0.2) is 10.5 Å². The lowest BCUT2D eigenvalue weighted by molar-refractivity contribution is 0.100. The van der Waals surface area contributed by atoms with E-state index in [1.165, 1.54) is 0 Å². The topological polar surface area (TPSA) is 48.0 Å². The second-order valence-corrected chi connectivity index (χ2v) is 4.04. The van der Waals surface area contributed by atoms with Gasteiger partial charge in [0.2, 0.25) is 5.91 Å². The highest BCUT2D eigenvalue weighted by Gasteiger charge is 2.10. The third kappa shape index (κ3) is 2.38. The van der Waals surface area contributed by atoms with E-state index in [-0.39, 0.29) is 5.91 Å². The van der Waals surface area contributed by atoms with Crippen LogP contribution in [0, 0.1) is 0 Å². The maximum atomic E-state index is 11.2. The van der Waals surface area contributed by atoms with Crippen LogP contribution in [0.3, 0.4) is 0 Å². The molecule has 0 unspecified atom stereocenters. The first-order valence-corrected chi connectivity index (χ1v) is 5.77. The van der Waals surface area contributed by atoms with Crippen molar-refractivity contribution in [1.29, 1.82) is 0 Å². The average Bonchev–Trinajstić information content (AvgIpc) is 2.75. The Balaban J connectivity index is 2.48. The molecule has 0 saturated carbocycles. The summed E-state index contributed by atoms with van der Waals surface area (Å²) in [7, 11) is 0. The Morgan fingerprint density at radius 2 is 2.00 bits per heavy atom. The number of nitrogens with two attached hydrogens (primary N) is 1. The molecule has 2 aromatic rings. The van der Waals surface area contributed by atoms with Gasteiger partial charge in [-0.2, -0.15) is 0 Å². The predicted molar refractivity (Wildman–Crippen MR) is 68.7 cm³/mol. The molecule has 0 spiro atoms. The molecule has 0 fully saturated rings. The largest absolute Gasteiger partial charge is 0.366 e. The second-order valence-electron chi connectivity index (χ2n) is 4.04. The van der Waals surface area contributed by atoms with Gasteiger partial charge in [0.1, 0.15) is 0 Å². The molecule has 3 nitrogen and oxygen atoms in total. The lowest BCUT2D eigenvalue weighted by Crippen LogP contribution is -2.09. The Morgan fingerprint density at radius 3 is 2.59 bits per heavy atom. The molecule has 1 aromatic heterocycles. The molecule has 1 amide bonds. The van der Waals surface area contributed by atoms with E-state index >= 15 is 0 Å². The number of hydrogen-bond acceptors (Lipinski definition) is 1. The molecule has 0 atom stereocenters. The summed E-state index contributed by atoms with van der Waals surface area (Å²) in [5.41, 5.74) is 8.03. The minimum atomic E-state index is -0.378. The van der Waals surface area contributed by atoms with E-state index < -0.39 is 0 Å². The van der Waals surface area contributed by atoms with E-state index in [1.54, 1.807) is 0 Å². The smallest absolute Gasteiger partial charge is 0.250 e. The van der Waals surface area contributed by atoms with Gasteiger partial charge in [0.05, 0.1) is 5.56 Å². The molecule has 0 aliphatic heterocycles. The summed E-state index contributed by atoms with van der Waals surface area (Å²) < 4.78 is 2.08. The van der Waals surface area contributed by atoms with Gasteiger partial charge in [0.15, 0.2) is 0 Å². The fourth-order valence-electron chi connectivity index (χ4n) is 1.92. The number of hydrogen-bond donors (Lipinski definition) is 1. The van der Waals surface area contributed by atoms with E-state index in [0.29, 0.717) is 5.56 Å². The van der Waals surface area contributed by atoms with Crippen LogP contribution in [0.25, 0.3) is 11.3 Å². The number of nitrogens with zero attached hydrogens (tertiary/aromatic N) is 1. The summed E-state index contributed by atoms with van der Waals surface area (Å²) in [5.74, 6) is -0.378. The molecule has 0 aliphatic carbocycles. The van der Waals surface area contributed by atoms with Crippen LogP contribution < -0.4 is 5.73 Å². The van der Waals surface area contributed by atoms with Crippen molar-refractivity contribution in [2.75, 3.05) is 0 Å². The van der Waals surface area contributed by atoms with Gasteiger partial charge in [0, 0.05) is 18.4 Å². The van der Waals surface area contributed by atoms with Crippen molar-refractivity contribution in [2.45, 2.75) is 19.9 Å². The van der Waals surface area contributed by atoms with Crippen molar-refractivity contribution >= 4 is 5.91 Å². The average molecular weight is 228 g/mol. The summed E-state index contributed by atoms with van der Waals surface area (Å²) in [6, 6.07) is 11.9. The van der Waals surface area contributed by atoms with Gasteiger partial charge in [0.25, 0.3) is 0 Å². The predicted octanol–water partition coefficient (Wildman–Crippen LogP) is 2.66. The molecule has 0 aliphatic rings. The highest BCUT2D eigenvalue weighted by Crippen LogP contribution is 2.22. The molecule has 1 heterocycles. The molecule has 2 rings (SSSR count). The summed E-state index contributed by atoms with van der Waals surface area (Å²) in [6.07, 6.45) is 2.85. The van der Waals surface area contributed by atoms with Crippen LogP contribution in [0.5, 0.6) is 0 Å². The minimum Gasteiger partial charge on any atom is -0.366 e. The standard InChI is InChI=1S/C14H16N2O/c1-2-8-16-10-12(14(15)17)9-13(16)11-6-4-3-5-7-11/h3-7,9-10H,2,8H2,1H3,(H2,15,17). The maximum absolute atomic E-state index is 11.2. The second kappa shape index (κ2) is 4.87. The molecule has 0 radical (unpaired) electrons. The molecule has 0 bridgehead atoms. The normalized spacial score (nSPS) is 10.4. The first-order chi connectivity index (χ1) is 8.22. The summed E-state index contributed by atoms with van der Waals surface area (Å²) in [6.45, 7) is 3.00. The summed E-state index contributed by atoms with van der Waals surface area (Å²) in [4.78, 5) is 11.2. The summed E-state index contributed by atoms with van der Waals surface area (Å²) in [5, 5.41) is 0. The first kappa shape index (κ1) is 11.5.